The summed E-state index contributed by atoms with van der Waals surface area (Å²) in [5, 5.41) is 0. The molecule has 1 aromatic heterocycles. The number of nitrogens with two attached hydrogens (primary N) is 1. The van der Waals surface area contributed by atoms with Gasteiger partial charge < -0.3 is 5.43 Å². The Labute approximate surface area is 115 Å². The summed E-state index contributed by atoms with van der Waals surface area (Å²) < 4.78 is 0. The van der Waals surface area contributed by atoms with Gasteiger partial charge in [-0.15, -0.1) is 0 Å². The van der Waals surface area contributed by atoms with E-state index in [1.165, 1.54) is 19.3 Å². The summed E-state index contributed by atoms with van der Waals surface area (Å²) in [6.45, 7) is 9.73. The van der Waals surface area contributed by atoms with Crippen LogP contribution in [0.15, 0.2) is 6.07 Å². The van der Waals surface area contributed by atoms with E-state index >= 15 is 0 Å². The number of rotatable bonds is 4. The molecule has 19 heavy (non-hydrogen) atoms. The van der Waals surface area contributed by atoms with Crippen LogP contribution in [0.25, 0.3) is 0 Å². The van der Waals surface area contributed by atoms with E-state index in [2.05, 4.69) is 34.1 Å². The van der Waals surface area contributed by atoms with Crippen molar-refractivity contribution in [2.75, 3.05) is 18.5 Å². The third kappa shape index (κ3) is 3.64. The second kappa shape index (κ2) is 5.84. The summed E-state index contributed by atoms with van der Waals surface area (Å²) in [4.78, 5) is 11.3. The largest absolute Gasteiger partial charge is 0.308 e. The zero-order chi connectivity index (χ0) is 13.9. The molecule has 5 heteroatoms. The second-order valence-corrected chi connectivity index (χ2v) is 5.90. The van der Waals surface area contributed by atoms with Crippen LogP contribution in [0, 0.1) is 12.3 Å². The van der Waals surface area contributed by atoms with Gasteiger partial charge in [-0.3, -0.25) is 4.90 Å². The minimum atomic E-state index is 0.522. The van der Waals surface area contributed by atoms with E-state index in [9.17, 15) is 0 Å². The average Bonchev–Trinajstić information content (AvgIpc) is 2.41. The number of piperidine rings is 1. The molecule has 0 atom stereocenters. The summed E-state index contributed by atoms with van der Waals surface area (Å²) in [6.07, 6.45) is 3.79. The number of hydrogen-bond donors (Lipinski definition) is 2. The van der Waals surface area contributed by atoms with Crippen molar-refractivity contribution in [3.63, 3.8) is 0 Å². The Morgan fingerprint density at radius 3 is 2.63 bits per heavy atom. The molecule has 2 rings (SSSR count). The maximum absolute atomic E-state index is 5.42. The zero-order valence-electron chi connectivity index (χ0n) is 12.2. The molecule has 0 spiro atoms. The van der Waals surface area contributed by atoms with Gasteiger partial charge in [0, 0.05) is 11.8 Å². The summed E-state index contributed by atoms with van der Waals surface area (Å²) >= 11 is 0. The normalized spacial score (nSPS) is 19.4. The fourth-order valence-corrected chi connectivity index (χ4v) is 2.58. The van der Waals surface area contributed by atoms with E-state index in [0.29, 0.717) is 11.2 Å². The van der Waals surface area contributed by atoms with Crippen molar-refractivity contribution in [3.05, 3.63) is 17.6 Å². The number of anilines is 1. The van der Waals surface area contributed by atoms with Crippen molar-refractivity contribution >= 4 is 5.82 Å². The molecule has 0 radical (unpaired) electrons. The first-order valence-corrected chi connectivity index (χ1v) is 7.08. The monoisotopic (exact) mass is 263 g/mol. The van der Waals surface area contributed by atoms with Gasteiger partial charge in [-0.1, -0.05) is 20.3 Å². The molecule has 0 aliphatic carbocycles. The third-order valence-electron chi connectivity index (χ3n) is 4.33. The van der Waals surface area contributed by atoms with Crippen molar-refractivity contribution in [3.8, 4) is 0 Å². The van der Waals surface area contributed by atoms with Gasteiger partial charge in [-0.05, 0) is 38.3 Å². The molecular weight excluding hydrogens is 238 g/mol. The van der Waals surface area contributed by atoms with Crippen LogP contribution in [-0.2, 0) is 6.54 Å². The molecule has 0 bridgehead atoms. The third-order valence-corrected chi connectivity index (χ3v) is 4.33. The van der Waals surface area contributed by atoms with Gasteiger partial charge in [0.25, 0.3) is 0 Å². The first-order valence-electron chi connectivity index (χ1n) is 7.08. The van der Waals surface area contributed by atoms with Gasteiger partial charge in [0.2, 0.25) is 0 Å². The number of aromatic nitrogens is 2. The van der Waals surface area contributed by atoms with Gasteiger partial charge in [0.05, 0.1) is 6.54 Å². The minimum Gasteiger partial charge on any atom is -0.308 e. The second-order valence-electron chi connectivity index (χ2n) is 5.90. The van der Waals surface area contributed by atoms with Gasteiger partial charge in [0.15, 0.2) is 0 Å². The molecule has 1 aliphatic heterocycles. The number of hydrogen-bond acceptors (Lipinski definition) is 5. The molecule has 1 fully saturated rings. The van der Waals surface area contributed by atoms with Crippen LogP contribution >= 0.6 is 0 Å². The highest BCUT2D eigenvalue weighted by Crippen LogP contribution is 2.34. The quantitative estimate of drug-likeness (QED) is 0.643. The van der Waals surface area contributed by atoms with Crippen molar-refractivity contribution in [1.82, 2.24) is 14.9 Å². The number of hydrazine groups is 1. The van der Waals surface area contributed by atoms with Gasteiger partial charge in [-0.2, -0.15) is 0 Å². The van der Waals surface area contributed by atoms with Crippen LogP contribution in [0.1, 0.15) is 44.6 Å². The Morgan fingerprint density at radius 2 is 2.05 bits per heavy atom. The molecule has 0 saturated carbocycles. The maximum atomic E-state index is 5.42. The van der Waals surface area contributed by atoms with E-state index in [1.807, 2.05) is 13.0 Å². The standard InChI is InChI=1S/C14H25N5/c1-4-14(3)5-7-19(8-6-14)10-13-16-11(2)9-12(17-13)18-15/h9H,4-8,10,15H2,1-3H3,(H,16,17,18). The molecule has 0 amide bonds. The SMILES string of the molecule is CCC1(C)CCN(Cc2nc(C)cc(NN)n2)CC1. The Bertz CT molecular complexity index is 424. The van der Waals surface area contributed by atoms with E-state index in [-0.39, 0.29) is 0 Å². The lowest BCUT2D eigenvalue weighted by Crippen LogP contribution is -2.38. The van der Waals surface area contributed by atoms with E-state index in [1.54, 1.807) is 0 Å². The fourth-order valence-electron chi connectivity index (χ4n) is 2.58. The lowest BCUT2D eigenvalue weighted by Gasteiger charge is -2.38. The van der Waals surface area contributed by atoms with Crippen LogP contribution in [-0.4, -0.2) is 28.0 Å². The molecule has 1 aliphatic rings. The molecule has 3 N–H and O–H groups in total. The molecule has 1 aromatic rings. The Hall–Kier alpha value is -1.20. The topological polar surface area (TPSA) is 67.1 Å². The van der Waals surface area contributed by atoms with Crippen molar-refractivity contribution in [1.29, 1.82) is 0 Å². The van der Waals surface area contributed by atoms with E-state index < -0.39 is 0 Å². The van der Waals surface area contributed by atoms with Crippen molar-refractivity contribution in [2.45, 2.75) is 46.6 Å². The van der Waals surface area contributed by atoms with Crippen LogP contribution in [0.2, 0.25) is 0 Å². The number of likely N-dealkylation sites (tertiary alicyclic amines) is 1. The number of nitrogens with one attached hydrogen (secondary N) is 1. The van der Waals surface area contributed by atoms with E-state index in [0.717, 1.165) is 31.2 Å². The van der Waals surface area contributed by atoms with Crippen LogP contribution in [0.3, 0.4) is 0 Å². The molecule has 1 saturated heterocycles. The summed E-state index contributed by atoms with van der Waals surface area (Å²) in [7, 11) is 0. The van der Waals surface area contributed by atoms with Crippen molar-refractivity contribution < 1.29 is 0 Å². The highest BCUT2D eigenvalue weighted by molar-refractivity contribution is 5.33. The number of nitrogens with zero attached hydrogens (tertiary/aromatic N) is 3. The molecule has 106 valence electrons. The van der Waals surface area contributed by atoms with Gasteiger partial charge in [0.1, 0.15) is 11.6 Å². The first-order chi connectivity index (χ1) is 9.04. The Balaban J connectivity index is 1.97. The minimum absolute atomic E-state index is 0.522. The molecule has 0 aromatic carbocycles. The molecule has 2 heterocycles. The Morgan fingerprint density at radius 1 is 1.37 bits per heavy atom. The average molecular weight is 263 g/mol. The lowest BCUT2D eigenvalue weighted by atomic mass is 9.78. The van der Waals surface area contributed by atoms with Gasteiger partial charge in [-0.25, -0.2) is 15.8 Å². The Kier molecular flexibility index (Phi) is 4.37. The van der Waals surface area contributed by atoms with Crippen LogP contribution < -0.4 is 11.3 Å². The highest BCUT2D eigenvalue weighted by atomic mass is 15.3. The fraction of sp³-hybridized carbons (Fsp3) is 0.714. The summed E-state index contributed by atoms with van der Waals surface area (Å²) in [5.74, 6) is 6.97. The van der Waals surface area contributed by atoms with E-state index in [4.69, 9.17) is 5.84 Å². The van der Waals surface area contributed by atoms with Gasteiger partial charge >= 0.3 is 0 Å². The summed E-state index contributed by atoms with van der Waals surface area (Å²) in [6, 6.07) is 1.86. The zero-order valence-corrected chi connectivity index (χ0v) is 12.2. The predicted octanol–water partition coefficient (Wildman–Crippen LogP) is 2.08. The highest BCUT2D eigenvalue weighted by Gasteiger charge is 2.28. The first kappa shape index (κ1) is 14.2. The molecule has 0 unspecified atom stereocenters. The summed E-state index contributed by atoms with van der Waals surface area (Å²) in [5.41, 5.74) is 4.07. The van der Waals surface area contributed by atoms with Crippen molar-refractivity contribution in [2.24, 2.45) is 11.3 Å². The van der Waals surface area contributed by atoms with Crippen LogP contribution in [0.5, 0.6) is 0 Å². The smallest absolute Gasteiger partial charge is 0.145 e. The predicted molar refractivity (Wildman–Crippen MR) is 77.5 cm³/mol. The number of nitrogen functional groups attached to an aromatic ring is 1. The molecular formula is C14H25N5. The molecule has 5 nitrogen and oxygen atoms in total. The maximum Gasteiger partial charge on any atom is 0.145 e. The lowest BCUT2D eigenvalue weighted by molar-refractivity contribution is 0.107. The van der Waals surface area contributed by atoms with Crippen LogP contribution in [0.4, 0.5) is 5.82 Å². The number of aryl methyl sites for hydroxylation is 1.